The van der Waals surface area contributed by atoms with Gasteiger partial charge >= 0.3 is 8.80 Å². The van der Waals surface area contributed by atoms with Gasteiger partial charge in [0.05, 0.1) is 6.61 Å². The van der Waals surface area contributed by atoms with Crippen molar-refractivity contribution in [1.29, 1.82) is 0 Å². The van der Waals surface area contributed by atoms with Crippen LogP contribution in [0.2, 0.25) is 6.04 Å². The lowest BCUT2D eigenvalue weighted by molar-refractivity contribution is -0.129. The van der Waals surface area contributed by atoms with Crippen molar-refractivity contribution in [1.82, 2.24) is 0 Å². The topological polar surface area (TPSA) is 54.0 Å². The molecule has 0 aliphatic heterocycles. The third kappa shape index (κ3) is 4.95. The van der Waals surface area contributed by atoms with Crippen LogP contribution in [0, 0.1) is 17.3 Å². The fourth-order valence-corrected chi connectivity index (χ4v) is 9.48. The van der Waals surface area contributed by atoms with Gasteiger partial charge in [-0.3, -0.25) is 4.79 Å². The molecule has 1 aromatic rings. The number of ether oxygens (including phenoxy) is 1. The number of hydrogen-bond acceptors (Lipinski definition) is 5. The van der Waals surface area contributed by atoms with E-state index in [9.17, 15) is 4.79 Å². The Labute approximate surface area is 200 Å². The molecule has 0 saturated heterocycles. The van der Waals surface area contributed by atoms with Crippen LogP contribution in [0.25, 0.3) is 0 Å². The molecule has 4 atom stereocenters. The maximum Gasteiger partial charge on any atom is 0.501 e. The summed E-state index contributed by atoms with van der Waals surface area (Å²) in [6, 6.07) is 7.49. The Balaban J connectivity index is 1.36. The van der Waals surface area contributed by atoms with Crippen molar-refractivity contribution in [2.45, 2.75) is 84.6 Å². The van der Waals surface area contributed by atoms with Gasteiger partial charge in [-0.15, -0.1) is 0 Å². The normalized spacial score (nSPS) is 28.8. The molecule has 3 aliphatic carbocycles. The standard InChI is InChI=1S/C27H42O5Si/c1-5-30-33(31-6-2,32-7-3)18-8-17-29-21-10-12-22-20(19-21)9-11-24-23(22)15-16-27(4)25(24)13-14-26(27)28/h10,12,19,23-25H,5-9,11,13-18H2,1-4H3/t23-,24-,25+,27+/m1/s1. The lowest BCUT2D eigenvalue weighted by Crippen LogP contribution is -2.46. The van der Waals surface area contributed by atoms with Crippen molar-refractivity contribution >= 4 is 14.6 Å². The van der Waals surface area contributed by atoms with Crippen LogP contribution in [-0.4, -0.2) is 41.0 Å². The molecular weight excluding hydrogens is 432 g/mol. The summed E-state index contributed by atoms with van der Waals surface area (Å²) in [5.41, 5.74) is 2.91. The second-order valence-electron chi connectivity index (χ2n) is 10.1. The van der Waals surface area contributed by atoms with E-state index in [2.05, 4.69) is 25.1 Å². The minimum absolute atomic E-state index is 0.0509. The van der Waals surface area contributed by atoms with Gasteiger partial charge < -0.3 is 18.0 Å². The van der Waals surface area contributed by atoms with Crippen molar-refractivity contribution in [3.63, 3.8) is 0 Å². The second kappa shape index (κ2) is 10.6. The highest BCUT2D eigenvalue weighted by molar-refractivity contribution is 6.60. The zero-order valence-electron chi connectivity index (χ0n) is 21.0. The molecule has 0 bridgehead atoms. The molecule has 5 nitrogen and oxygen atoms in total. The maximum absolute atomic E-state index is 12.6. The van der Waals surface area contributed by atoms with Gasteiger partial charge in [0.1, 0.15) is 11.5 Å². The van der Waals surface area contributed by atoms with Crippen LogP contribution in [0.15, 0.2) is 18.2 Å². The molecule has 0 amide bonds. The lowest BCUT2D eigenvalue weighted by atomic mass is 9.55. The summed E-state index contributed by atoms with van der Waals surface area (Å²) in [6.07, 6.45) is 7.26. The first-order valence-electron chi connectivity index (χ1n) is 13.2. The van der Waals surface area contributed by atoms with Crippen LogP contribution in [-0.2, 0) is 24.5 Å². The van der Waals surface area contributed by atoms with E-state index >= 15 is 0 Å². The maximum atomic E-state index is 12.6. The zero-order valence-corrected chi connectivity index (χ0v) is 22.0. The highest BCUT2D eigenvalue weighted by atomic mass is 28.4. The second-order valence-corrected chi connectivity index (χ2v) is 12.9. The fourth-order valence-electron chi connectivity index (χ4n) is 6.90. The molecule has 0 spiro atoms. The fraction of sp³-hybridized carbons (Fsp3) is 0.741. The summed E-state index contributed by atoms with van der Waals surface area (Å²) in [5, 5.41) is 0. The Kier molecular flexibility index (Phi) is 7.99. The number of carbonyl (C=O) groups is 1. The van der Waals surface area contributed by atoms with E-state index in [1.54, 1.807) is 0 Å². The van der Waals surface area contributed by atoms with E-state index in [0.29, 0.717) is 50.0 Å². The number of rotatable bonds is 11. The first-order chi connectivity index (χ1) is 16.0. The first-order valence-corrected chi connectivity index (χ1v) is 15.1. The number of aryl methyl sites for hydroxylation is 1. The van der Waals surface area contributed by atoms with E-state index in [1.807, 2.05) is 20.8 Å². The summed E-state index contributed by atoms with van der Waals surface area (Å²) in [7, 11) is -2.60. The van der Waals surface area contributed by atoms with Crippen molar-refractivity contribution in [2.75, 3.05) is 26.4 Å². The van der Waals surface area contributed by atoms with Gasteiger partial charge in [-0.05, 0) is 100 Å². The van der Waals surface area contributed by atoms with Crippen LogP contribution in [0.3, 0.4) is 0 Å². The number of ketones is 1. The predicted octanol–water partition coefficient (Wildman–Crippen LogP) is 5.93. The van der Waals surface area contributed by atoms with Gasteiger partial charge in [-0.1, -0.05) is 13.0 Å². The van der Waals surface area contributed by atoms with Crippen LogP contribution in [0.4, 0.5) is 0 Å². The SMILES string of the molecule is CCO[Si](CCCOc1ccc2c(c1)CC[C@@H]1[C@@H]2CC[C@]2(C)C(=O)CC[C@@H]12)(OCC)OCC. The van der Waals surface area contributed by atoms with Gasteiger partial charge in [0.2, 0.25) is 0 Å². The van der Waals surface area contributed by atoms with Gasteiger partial charge in [0.15, 0.2) is 0 Å². The summed E-state index contributed by atoms with van der Waals surface area (Å²) in [4.78, 5) is 12.6. The molecule has 0 aromatic heterocycles. The van der Waals surface area contributed by atoms with E-state index in [1.165, 1.54) is 17.5 Å². The molecule has 3 aliphatic rings. The first kappa shape index (κ1) is 24.9. The molecular formula is C27H42O5Si. The summed E-state index contributed by atoms with van der Waals surface area (Å²) >= 11 is 0. The third-order valence-corrected chi connectivity index (χ3v) is 11.5. The van der Waals surface area contributed by atoms with Crippen molar-refractivity contribution < 1.29 is 22.8 Å². The summed E-state index contributed by atoms with van der Waals surface area (Å²) in [6.45, 7) is 10.7. The summed E-state index contributed by atoms with van der Waals surface area (Å²) < 4.78 is 24.0. The average molecular weight is 475 g/mol. The molecule has 4 rings (SSSR count). The van der Waals surface area contributed by atoms with E-state index in [4.69, 9.17) is 18.0 Å². The Morgan fingerprint density at radius 1 is 1.00 bits per heavy atom. The van der Waals surface area contributed by atoms with Crippen molar-refractivity contribution in [2.24, 2.45) is 17.3 Å². The van der Waals surface area contributed by atoms with Crippen molar-refractivity contribution in [3.8, 4) is 5.75 Å². The molecule has 1 aromatic carbocycles. The predicted molar refractivity (Wildman–Crippen MR) is 132 cm³/mol. The average Bonchev–Trinajstić information content (AvgIpc) is 3.11. The van der Waals surface area contributed by atoms with E-state index in [0.717, 1.165) is 50.3 Å². The Morgan fingerprint density at radius 3 is 2.42 bits per heavy atom. The van der Waals surface area contributed by atoms with E-state index in [-0.39, 0.29) is 5.41 Å². The Hall–Kier alpha value is -1.21. The number of carbonyl (C=O) groups excluding carboxylic acids is 1. The number of Topliss-reactive ketones (excluding diaryl/α,β-unsaturated/α-hetero) is 1. The molecule has 184 valence electrons. The molecule has 0 unspecified atom stereocenters. The Bertz CT molecular complexity index is 810. The number of fused-ring (bicyclic) bond motifs is 5. The largest absolute Gasteiger partial charge is 0.501 e. The lowest BCUT2D eigenvalue weighted by Gasteiger charge is -2.48. The Morgan fingerprint density at radius 2 is 1.73 bits per heavy atom. The third-order valence-electron chi connectivity index (χ3n) is 8.40. The van der Waals surface area contributed by atoms with Crippen LogP contribution < -0.4 is 4.74 Å². The van der Waals surface area contributed by atoms with Gasteiger partial charge in [-0.2, -0.15) is 0 Å². The minimum Gasteiger partial charge on any atom is -0.494 e. The molecule has 2 fully saturated rings. The summed E-state index contributed by atoms with van der Waals surface area (Å²) in [5.74, 6) is 3.34. The molecule has 6 heteroatoms. The van der Waals surface area contributed by atoms with Crippen LogP contribution >= 0.6 is 0 Å². The molecule has 0 heterocycles. The number of benzene rings is 1. The van der Waals surface area contributed by atoms with Gasteiger partial charge in [-0.25, -0.2) is 0 Å². The minimum atomic E-state index is -2.60. The molecule has 0 radical (unpaired) electrons. The monoisotopic (exact) mass is 474 g/mol. The zero-order chi connectivity index (χ0) is 23.5. The quantitative estimate of drug-likeness (QED) is 0.294. The molecule has 2 saturated carbocycles. The van der Waals surface area contributed by atoms with Crippen LogP contribution in [0.5, 0.6) is 5.75 Å². The van der Waals surface area contributed by atoms with Crippen LogP contribution in [0.1, 0.15) is 83.3 Å². The highest BCUT2D eigenvalue weighted by Crippen LogP contribution is 2.59. The number of hydrogen-bond donors (Lipinski definition) is 0. The van der Waals surface area contributed by atoms with E-state index < -0.39 is 8.80 Å². The van der Waals surface area contributed by atoms with Gasteiger partial charge in [0, 0.05) is 37.7 Å². The molecule has 33 heavy (non-hydrogen) atoms. The smallest absolute Gasteiger partial charge is 0.494 e. The molecule has 0 N–H and O–H groups in total. The van der Waals surface area contributed by atoms with Gasteiger partial charge in [0.25, 0.3) is 0 Å². The van der Waals surface area contributed by atoms with Crippen molar-refractivity contribution in [3.05, 3.63) is 29.3 Å². The highest BCUT2D eigenvalue weighted by Gasteiger charge is 2.54.